The molecule has 0 heterocycles. The number of aromatic hydroxyl groups is 1. The summed E-state index contributed by atoms with van der Waals surface area (Å²) in [6.07, 6.45) is 8.97. The average molecular weight is 837 g/mol. The van der Waals surface area contributed by atoms with E-state index in [1.54, 1.807) is 12.1 Å². The van der Waals surface area contributed by atoms with Gasteiger partial charge in [0.25, 0.3) is 0 Å². The minimum atomic E-state index is -0.461. The number of ketones is 1. The van der Waals surface area contributed by atoms with Gasteiger partial charge in [-0.2, -0.15) is 0 Å². The Balaban J connectivity index is 0.000000232. The molecule has 4 aromatic rings. The van der Waals surface area contributed by atoms with Gasteiger partial charge in [-0.05, 0) is 123 Å². The molecule has 12 heteroatoms. The molecule has 1 N–H and O–H groups in total. The zero-order valence-corrected chi connectivity index (χ0v) is 36.2. The van der Waals surface area contributed by atoms with Crippen molar-refractivity contribution in [1.29, 1.82) is 0 Å². The number of benzene rings is 4. The monoisotopic (exact) mass is 836 g/mol. The minimum Gasteiger partial charge on any atom is -0.507 e. The number of Topliss-reactive ketones (excluding diaryl/α,β-unsaturated/α-hetero) is 1. The van der Waals surface area contributed by atoms with Crippen LogP contribution in [0.2, 0.25) is 0 Å². The minimum absolute atomic E-state index is 0.0986. The Hall–Kier alpha value is -6.30. The summed E-state index contributed by atoms with van der Waals surface area (Å²) in [5.41, 5.74) is 7.53. The number of carbonyl (C=O) groups excluding carboxylic acids is 4. The highest BCUT2D eigenvalue weighted by Crippen LogP contribution is 2.51. The van der Waals surface area contributed by atoms with Crippen LogP contribution in [0.4, 0.5) is 0 Å². The van der Waals surface area contributed by atoms with Crippen molar-refractivity contribution in [2.45, 2.75) is 97.8 Å². The van der Waals surface area contributed by atoms with Crippen LogP contribution >= 0.6 is 0 Å². The molecule has 0 fully saturated rings. The van der Waals surface area contributed by atoms with Gasteiger partial charge in [-0.3, -0.25) is 19.2 Å². The molecule has 0 saturated carbocycles. The fourth-order valence-electron chi connectivity index (χ4n) is 7.74. The molecule has 0 saturated heterocycles. The van der Waals surface area contributed by atoms with Crippen LogP contribution in [0.1, 0.15) is 94.4 Å². The third-order valence-corrected chi connectivity index (χ3v) is 10.6. The largest absolute Gasteiger partial charge is 0.507 e. The van der Waals surface area contributed by atoms with Gasteiger partial charge in [-0.15, -0.1) is 0 Å². The van der Waals surface area contributed by atoms with Crippen molar-refractivity contribution in [3.63, 3.8) is 0 Å². The fourth-order valence-corrected chi connectivity index (χ4v) is 7.74. The lowest BCUT2D eigenvalue weighted by molar-refractivity contribution is -0.133. The number of allylic oxidation sites excluding steroid dienone is 1. The molecule has 0 atom stereocenters. The third-order valence-electron chi connectivity index (χ3n) is 10.6. The second-order valence-corrected chi connectivity index (χ2v) is 15.1. The highest BCUT2D eigenvalue weighted by Gasteiger charge is 2.27. The molecule has 2 aliphatic rings. The highest BCUT2D eigenvalue weighted by atomic mass is 16.6. The average Bonchev–Trinajstić information content (AvgIpc) is 3.24. The van der Waals surface area contributed by atoms with Gasteiger partial charge < -0.3 is 38.3 Å². The lowest BCUT2D eigenvalue weighted by atomic mass is 9.95. The number of fused-ring (bicyclic) bond motifs is 10. The predicted molar refractivity (Wildman–Crippen MR) is 231 cm³/mol. The number of hydrogen-bond acceptors (Lipinski definition) is 12. The first-order valence-electron chi connectivity index (χ1n) is 20.5. The van der Waals surface area contributed by atoms with Crippen LogP contribution in [0.3, 0.4) is 0 Å². The van der Waals surface area contributed by atoms with Gasteiger partial charge in [-0.25, -0.2) is 0 Å². The van der Waals surface area contributed by atoms with Crippen LogP contribution in [0.15, 0.2) is 60.7 Å². The van der Waals surface area contributed by atoms with Crippen molar-refractivity contribution < 1.29 is 57.4 Å². The van der Waals surface area contributed by atoms with Crippen molar-refractivity contribution in [2.24, 2.45) is 0 Å². The third kappa shape index (κ3) is 11.5. The van der Waals surface area contributed by atoms with E-state index < -0.39 is 17.9 Å². The van der Waals surface area contributed by atoms with Crippen LogP contribution in [0.25, 0.3) is 22.3 Å². The number of carbonyl (C=O) groups is 4. The summed E-state index contributed by atoms with van der Waals surface area (Å²) in [4.78, 5) is 47.5. The van der Waals surface area contributed by atoms with Gasteiger partial charge in [0.05, 0.1) is 28.4 Å². The first-order valence-corrected chi connectivity index (χ1v) is 20.5. The van der Waals surface area contributed by atoms with E-state index in [1.165, 1.54) is 54.8 Å². The molecule has 6 rings (SSSR count). The topological polar surface area (TPSA) is 153 Å². The van der Waals surface area contributed by atoms with E-state index in [2.05, 4.69) is 6.58 Å². The zero-order valence-electron chi connectivity index (χ0n) is 36.2. The molecule has 0 unspecified atom stereocenters. The number of methoxy groups -OCH3 is 4. The standard InChI is InChI=1S/C26H30O6.C23H26O6/c1-16-8-6-7-9-20-15-22(25(29-4)26(30-5)24(20)32-18(3)28)21-14-19(11-10-16)12-13-23(21)31-17(2)27;1-14(24)29-21-16-6-4-5-7-17(25)10-8-15-9-11-20(26)18(12-15)19(13-16)22(27-2)23(21)28-3/h12-15H,1,6-11H2,2-5H3;9,11-13,26H,4-8,10H2,1-3H3. The number of hydrogen-bond donors (Lipinski definition) is 1. The van der Waals surface area contributed by atoms with Gasteiger partial charge in [-0.1, -0.05) is 24.3 Å². The summed E-state index contributed by atoms with van der Waals surface area (Å²) in [6.45, 7) is 8.29. The number of rotatable bonds is 7. The van der Waals surface area contributed by atoms with Crippen molar-refractivity contribution in [1.82, 2.24) is 0 Å². The van der Waals surface area contributed by atoms with Gasteiger partial charge in [0.15, 0.2) is 23.0 Å². The van der Waals surface area contributed by atoms with Crippen molar-refractivity contribution in [2.75, 3.05) is 28.4 Å². The molecule has 0 radical (unpaired) electrons. The van der Waals surface area contributed by atoms with E-state index in [9.17, 15) is 24.3 Å². The Morgan fingerprint density at radius 2 is 0.951 bits per heavy atom. The summed E-state index contributed by atoms with van der Waals surface area (Å²) in [7, 11) is 6.04. The smallest absolute Gasteiger partial charge is 0.308 e. The Kier molecular flexibility index (Phi) is 16.0. The maximum Gasteiger partial charge on any atom is 0.308 e. The number of phenolic OH excluding ortho intramolecular Hbond substituents is 1. The molecule has 2 aliphatic carbocycles. The van der Waals surface area contributed by atoms with Crippen molar-refractivity contribution >= 4 is 23.7 Å². The van der Waals surface area contributed by atoms with Gasteiger partial charge in [0, 0.05) is 55.9 Å². The highest BCUT2D eigenvalue weighted by molar-refractivity contribution is 5.86. The van der Waals surface area contributed by atoms with Crippen LogP contribution in [0.5, 0.6) is 46.0 Å². The molecule has 4 aromatic carbocycles. The summed E-state index contributed by atoms with van der Waals surface area (Å²) in [5, 5.41) is 10.5. The number of phenols is 1. The van der Waals surface area contributed by atoms with Gasteiger partial charge in [0.2, 0.25) is 11.5 Å². The van der Waals surface area contributed by atoms with E-state index in [-0.39, 0.29) is 11.5 Å². The SMILES string of the molecule is C=C1CCCCc2cc(c(OC)c(OC)c2OC(C)=O)-c2cc(ccc2OC(C)=O)CC1.COc1c2cc(c(OC(C)=O)c1OC)CCCCC(=O)CCc1ccc(O)c-2c1. The summed E-state index contributed by atoms with van der Waals surface area (Å²) in [6, 6.07) is 14.9. The maximum atomic E-state index is 12.2. The fraction of sp³-hybridized carbons (Fsp3) is 0.388. The van der Waals surface area contributed by atoms with Crippen LogP contribution < -0.4 is 33.2 Å². The summed E-state index contributed by atoms with van der Waals surface area (Å²) >= 11 is 0. The molecular formula is C49H56O12. The number of esters is 3. The molecule has 0 spiro atoms. The van der Waals surface area contributed by atoms with E-state index in [0.717, 1.165) is 67.2 Å². The molecule has 0 amide bonds. The van der Waals surface area contributed by atoms with Crippen LogP contribution in [-0.2, 0) is 44.9 Å². The quantitative estimate of drug-likeness (QED) is 0.107. The molecule has 0 aromatic heterocycles. The lowest BCUT2D eigenvalue weighted by Crippen LogP contribution is -2.08. The molecule has 0 aliphatic heterocycles. The molecule has 8 bridgehead atoms. The first-order chi connectivity index (χ1) is 29.3. The Labute approximate surface area is 357 Å². The molecule has 61 heavy (non-hydrogen) atoms. The van der Waals surface area contributed by atoms with E-state index in [1.807, 2.05) is 36.4 Å². The summed E-state index contributed by atoms with van der Waals surface area (Å²) < 4.78 is 39.1. The van der Waals surface area contributed by atoms with Crippen molar-refractivity contribution in [3.8, 4) is 68.2 Å². The number of ether oxygens (including phenoxy) is 7. The van der Waals surface area contributed by atoms with E-state index >= 15 is 0 Å². The Bertz CT molecular complexity index is 2290. The zero-order chi connectivity index (χ0) is 44.2. The second kappa shape index (κ2) is 21.3. The van der Waals surface area contributed by atoms with Crippen LogP contribution in [-0.4, -0.2) is 57.2 Å². The van der Waals surface area contributed by atoms with E-state index in [0.29, 0.717) is 94.6 Å². The van der Waals surface area contributed by atoms with Gasteiger partial charge >= 0.3 is 17.9 Å². The summed E-state index contributed by atoms with van der Waals surface area (Å²) in [5.74, 6) is 1.57. The van der Waals surface area contributed by atoms with E-state index in [4.69, 9.17) is 33.2 Å². The molecular weight excluding hydrogens is 781 g/mol. The Morgan fingerprint density at radius 1 is 0.492 bits per heavy atom. The van der Waals surface area contributed by atoms with Crippen molar-refractivity contribution in [3.05, 3.63) is 82.9 Å². The van der Waals surface area contributed by atoms with Gasteiger partial charge in [0.1, 0.15) is 17.3 Å². The first kappa shape index (κ1) is 45.8. The predicted octanol–water partition coefficient (Wildman–Crippen LogP) is 9.67. The normalized spacial score (nSPS) is 14.0. The lowest BCUT2D eigenvalue weighted by Gasteiger charge is -2.21. The van der Waals surface area contributed by atoms with Crippen LogP contribution in [0, 0.1) is 0 Å². The number of aryl methyl sites for hydroxylation is 4. The molecule has 12 nitrogen and oxygen atoms in total. The maximum absolute atomic E-state index is 12.2. The second-order valence-electron chi connectivity index (χ2n) is 15.1. The Morgan fingerprint density at radius 3 is 1.48 bits per heavy atom. The molecule has 324 valence electrons.